The molecule has 2 heterocycles. The number of phenolic OH excluding ortho intramolecular Hbond substituents is 1. The number of rotatable bonds is 5. The van der Waals surface area contributed by atoms with Crippen LogP contribution in [0.2, 0.25) is 0 Å². The highest BCUT2D eigenvalue weighted by molar-refractivity contribution is 7.71. The van der Waals surface area contributed by atoms with E-state index in [0.29, 0.717) is 28.3 Å². The lowest BCUT2D eigenvalue weighted by molar-refractivity contribution is 0.469. The monoisotopic (exact) mass is 337 g/mol. The summed E-state index contributed by atoms with van der Waals surface area (Å²) in [4.78, 5) is 4.25. The zero-order valence-corrected chi connectivity index (χ0v) is 13.6. The second-order valence-electron chi connectivity index (χ2n) is 4.97. The third-order valence-corrected chi connectivity index (χ3v) is 3.64. The summed E-state index contributed by atoms with van der Waals surface area (Å²) in [7, 11) is 0. The highest BCUT2D eigenvalue weighted by Gasteiger charge is 2.09. The topological polar surface area (TPSA) is 79.1 Å². The number of nitrogens with zero attached hydrogens (tertiary/aromatic N) is 4. The molecule has 0 aliphatic carbocycles. The first kappa shape index (κ1) is 15.8. The molecule has 120 valence electrons. The molecule has 2 N–H and O–H groups in total. The van der Waals surface area contributed by atoms with Crippen LogP contribution in [0.25, 0.3) is 11.5 Å². The highest BCUT2D eigenvalue weighted by atomic mass is 32.1. The van der Waals surface area contributed by atoms with Crippen LogP contribution in [0.1, 0.15) is 11.1 Å². The second kappa shape index (κ2) is 7.01. The molecule has 0 fully saturated rings. The number of benzene rings is 1. The van der Waals surface area contributed by atoms with E-state index in [1.165, 1.54) is 4.68 Å². The van der Waals surface area contributed by atoms with E-state index in [4.69, 9.17) is 12.2 Å². The van der Waals surface area contributed by atoms with Crippen LogP contribution in [0.4, 0.5) is 0 Å². The van der Waals surface area contributed by atoms with Crippen LogP contribution in [-0.2, 0) is 6.42 Å². The Morgan fingerprint density at radius 3 is 2.92 bits per heavy atom. The molecule has 2 aromatic heterocycles. The standard InChI is InChI=1S/C17H15N5OS/c1-2-6-12-7-5-8-13(15(12)23)11-19-22-16(20-21-17(22)24)14-9-3-4-10-18-14/h2-5,7-11,23H,1,6H2,(H,21,24)/b19-11+. The Morgan fingerprint density at radius 2 is 2.17 bits per heavy atom. The van der Waals surface area contributed by atoms with Gasteiger partial charge in [-0.15, -0.1) is 6.58 Å². The molecule has 0 amide bonds. The first-order chi connectivity index (χ1) is 11.7. The van der Waals surface area contributed by atoms with E-state index in [0.717, 1.165) is 5.56 Å². The molecular formula is C17H15N5OS. The van der Waals surface area contributed by atoms with E-state index in [9.17, 15) is 5.11 Å². The van der Waals surface area contributed by atoms with Gasteiger partial charge in [0.15, 0.2) is 0 Å². The number of para-hydroxylation sites is 1. The number of aromatic nitrogens is 4. The summed E-state index contributed by atoms with van der Waals surface area (Å²) in [5.41, 5.74) is 2.02. The van der Waals surface area contributed by atoms with E-state index in [1.54, 1.807) is 24.6 Å². The van der Waals surface area contributed by atoms with Crippen LogP contribution in [0.3, 0.4) is 0 Å². The minimum atomic E-state index is 0.176. The van der Waals surface area contributed by atoms with E-state index >= 15 is 0 Å². The first-order valence-electron chi connectivity index (χ1n) is 7.25. The minimum absolute atomic E-state index is 0.176. The molecule has 0 radical (unpaired) electrons. The van der Waals surface area contributed by atoms with Crippen molar-refractivity contribution in [2.75, 3.05) is 0 Å². The average molecular weight is 337 g/mol. The van der Waals surface area contributed by atoms with Crippen molar-refractivity contribution in [3.63, 3.8) is 0 Å². The van der Waals surface area contributed by atoms with Crippen molar-refractivity contribution in [3.05, 3.63) is 71.1 Å². The van der Waals surface area contributed by atoms with Gasteiger partial charge in [-0.2, -0.15) is 14.9 Å². The van der Waals surface area contributed by atoms with Gasteiger partial charge in [-0.3, -0.25) is 4.98 Å². The SMILES string of the molecule is C=CCc1cccc(/C=N/n2c(-c3ccccn3)n[nH]c2=S)c1O. The van der Waals surface area contributed by atoms with Gasteiger partial charge in [0.05, 0.1) is 6.21 Å². The van der Waals surface area contributed by atoms with Gasteiger partial charge in [-0.05, 0) is 42.4 Å². The molecule has 0 unspecified atom stereocenters. The van der Waals surface area contributed by atoms with E-state index in [1.807, 2.05) is 30.3 Å². The number of allylic oxidation sites excluding steroid dienone is 1. The van der Waals surface area contributed by atoms with Gasteiger partial charge in [0.25, 0.3) is 0 Å². The molecule has 24 heavy (non-hydrogen) atoms. The molecule has 0 aliphatic heterocycles. The van der Waals surface area contributed by atoms with Gasteiger partial charge in [0.1, 0.15) is 11.4 Å². The van der Waals surface area contributed by atoms with Gasteiger partial charge < -0.3 is 5.11 Å². The Hall–Kier alpha value is -3.06. The summed E-state index contributed by atoms with van der Waals surface area (Å²) in [5, 5.41) is 21.5. The van der Waals surface area contributed by atoms with Crippen LogP contribution in [-0.4, -0.2) is 31.2 Å². The van der Waals surface area contributed by atoms with Gasteiger partial charge >= 0.3 is 0 Å². The van der Waals surface area contributed by atoms with Crippen molar-refractivity contribution < 1.29 is 5.11 Å². The number of pyridine rings is 1. The molecule has 0 bridgehead atoms. The van der Waals surface area contributed by atoms with E-state index in [-0.39, 0.29) is 5.75 Å². The Balaban J connectivity index is 2.00. The summed E-state index contributed by atoms with van der Waals surface area (Å²) in [5.74, 6) is 0.675. The largest absolute Gasteiger partial charge is 0.507 e. The van der Waals surface area contributed by atoms with Crippen LogP contribution in [0.15, 0.2) is 60.4 Å². The van der Waals surface area contributed by atoms with Crippen molar-refractivity contribution in [3.8, 4) is 17.3 Å². The fraction of sp³-hybridized carbons (Fsp3) is 0.0588. The molecular weight excluding hydrogens is 322 g/mol. The smallest absolute Gasteiger partial charge is 0.216 e. The maximum absolute atomic E-state index is 10.3. The molecule has 1 aromatic carbocycles. The molecule has 0 saturated heterocycles. The zero-order chi connectivity index (χ0) is 16.9. The number of hydrogen-bond acceptors (Lipinski definition) is 5. The Morgan fingerprint density at radius 1 is 1.29 bits per heavy atom. The van der Waals surface area contributed by atoms with Crippen LogP contribution < -0.4 is 0 Å². The normalized spacial score (nSPS) is 11.0. The Labute approximate surface area is 143 Å². The Kier molecular flexibility index (Phi) is 4.62. The van der Waals surface area contributed by atoms with E-state index in [2.05, 4.69) is 26.9 Å². The van der Waals surface area contributed by atoms with E-state index < -0.39 is 0 Å². The van der Waals surface area contributed by atoms with Gasteiger partial charge in [0, 0.05) is 11.8 Å². The first-order valence-corrected chi connectivity index (χ1v) is 7.66. The van der Waals surface area contributed by atoms with Crippen LogP contribution in [0, 0.1) is 4.77 Å². The summed E-state index contributed by atoms with van der Waals surface area (Å²) in [6.45, 7) is 3.69. The molecule has 3 aromatic rings. The molecule has 0 spiro atoms. The van der Waals surface area contributed by atoms with Crippen molar-refractivity contribution in [2.45, 2.75) is 6.42 Å². The number of aromatic amines is 1. The summed E-state index contributed by atoms with van der Waals surface area (Å²) < 4.78 is 1.81. The number of hydrogen-bond donors (Lipinski definition) is 2. The lowest BCUT2D eigenvalue weighted by Gasteiger charge is -2.05. The number of phenols is 1. The van der Waals surface area contributed by atoms with Gasteiger partial charge in [-0.1, -0.05) is 24.3 Å². The lowest BCUT2D eigenvalue weighted by atomic mass is 10.1. The molecule has 3 rings (SSSR count). The quantitative estimate of drug-likeness (QED) is 0.425. The van der Waals surface area contributed by atoms with Crippen molar-refractivity contribution in [1.82, 2.24) is 19.9 Å². The fourth-order valence-electron chi connectivity index (χ4n) is 2.22. The number of aromatic hydroxyl groups is 1. The van der Waals surface area contributed by atoms with Crippen LogP contribution >= 0.6 is 12.2 Å². The maximum Gasteiger partial charge on any atom is 0.216 e. The molecule has 6 nitrogen and oxygen atoms in total. The lowest BCUT2D eigenvalue weighted by Crippen LogP contribution is -1.97. The second-order valence-corrected chi connectivity index (χ2v) is 5.36. The van der Waals surface area contributed by atoms with Gasteiger partial charge in [0.2, 0.25) is 10.6 Å². The fourth-order valence-corrected chi connectivity index (χ4v) is 2.39. The molecule has 0 saturated carbocycles. The van der Waals surface area contributed by atoms with Crippen LogP contribution in [0.5, 0.6) is 5.75 Å². The third kappa shape index (κ3) is 3.16. The van der Waals surface area contributed by atoms with Gasteiger partial charge in [-0.25, -0.2) is 5.10 Å². The average Bonchev–Trinajstić information content (AvgIpc) is 2.97. The predicted molar refractivity (Wildman–Crippen MR) is 95.6 cm³/mol. The molecule has 0 atom stereocenters. The third-order valence-electron chi connectivity index (χ3n) is 3.37. The number of H-pyrrole nitrogens is 1. The maximum atomic E-state index is 10.3. The highest BCUT2D eigenvalue weighted by Crippen LogP contribution is 2.22. The van der Waals surface area contributed by atoms with Crippen molar-refractivity contribution in [2.24, 2.45) is 5.10 Å². The Bertz CT molecular complexity index is 943. The molecule has 0 aliphatic rings. The predicted octanol–water partition coefficient (Wildman–Crippen LogP) is 3.32. The summed E-state index contributed by atoms with van der Waals surface area (Å²) in [6, 6.07) is 11.0. The summed E-state index contributed by atoms with van der Waals surface area (Å²) in [6.07, 6.45) is 5.53. The van der Waals surface area contributed by atoms with Crippen molar-refractivity contribution >= 4 is 18.4 Å². The summed E-state index contributed by atoms with van der Waals surface area (Å²) >= 11 is 5.22. The molecule has 7 heteroatoms. The minimum Gasteiger partial charge on any atom is -0.507 e. The number of nitrogens with one attached hydrogen (secondary N) is 1. The van der Waals surface area contributed by atoms with Crippen molar-refractivity contribution in [1.29, 1.82) is 0 Å². The zero-order valence-electron chi connectivity index (χ0n) is 12.8.